The van der Waals surface area contributed by atoms with Gasteiger partial charge in [0.25, 0.3) is 0 Å². The van der Waals surface area contributed by atoms with E-state index in [-0.39, 0.29) is 87.5 Å². The van der Waals surface area contributed by atoms with E-state index in [9.17, 15) is 30.0 Å². The number of nitrogens with one attached hydrogen (secondary N) is 2. The average Bonchev–Trinajstić information content (AvgIpc) is 3.67. The van der Waals surface area contributed by atoms with E-state index in [1.165, 1.54) is 6.20 Å². The van der Waals surface area contributed by atoms with Crippen molar-refractivity contribution in [2.45, 2.75) is 69.2 Å². The Bertz CT molecular complexity index is 1720. The van der Waals surface area contributed by atoms with Gasteiger partial charge in [0.2, 0.25) is 6.29 Å². The number of aromatic amines is 1. The molecule has 5 rings (SSSR count). The second-order valence-electron chi connectivity index (χ2n) is 14.1. The molecule has 20 heteroatoms. The summed E-state index contributed by atoms with van der Waals surface area (Å²) in [6, 6.07) is 1.76. The Hall–Kier alpha value is -2.16. The number of aliphatic hydroxyl groups is 3. The molecule has 1 unspecified atom stereocenters. The molecule has 17 nitrogen and oxygen atoms in total. The standard InChI is InChI=1S/C40H54Br2N2O15.Na/c1-24(45)37-35(48)34(47)36(49)39(59-37)58-30-22-44-29-21-28(41)38(33(42)32(29)30)55-19-17-53-15-16-54-18-20-56-40(50)43-10-12-52-14-13-51-11-6-9-31(46)57-23-27-25-7-4-2-3-5-8-26(25)27;/h21-22,25-27,34-37,39,44-45,47-49H,1,4-20,23H2,(H,43,50);/q;+1/p-1/t25-,26+,27?,34-,35-,36+,37+,39+;/m0./s1. The molecule has 3 aliphatic rings. The summed E-state index contributed by atoms with van der Waals surface area (Å²) in [4.78, 5) is 27.0. The monoisotopic (exact) mass is 982 g/mol. The Morgan fingerprint density at radius 3 is 2.20 bits per heavy atom. The second-order valence-corrected chi connectivity index (χ2v) is 15.8. The zero-order valence-electron chi connectivity index (χ0n) is 33.7. The minimum atomic E-state index is -1.69. The van der Waals surface area contributed by atoms with Crippen LogP contribution in [0.2, 0.25) is 0 Å². The molecule has 60 heavy (non-hydrogen) atoms. The van der Waals surface area contributed by atoms with Gasteiger partial charge in [0.1, 0.15) is 49.1 Å². The summed E-state index contributed by atoms with van der Waals surface area (Å²) in [6.07, 6.45) is -1.97. The quantitative estimate of drug-likeness (QED) is 0.0283. The van der Waals surface area contributed by atoms with Crippen molar-refractivity contribution >= 4 is 54.8 Å². The molecule has 0 radical (unpaired) electrons. The SMILES string of the molecule is C=C([O-])[C@H]1O[C@@H](Oc2c[nH]c3cc(Br)c(OCCOCCOCCOC(=O)NCCOCCOCCCC(=O)OCC4[C@H]5CCC#CCC[C@@H]45)c(Br)c23)[C@H](O)[C@@H](O)[C@@H]1O.[Na+]. The van der Waals surface area contributed by atoms with Gasteiger partial charge >= 0.3 is 41.6 Å². The Morgan fingerprint density at radius 2 is 1.52 bits per heavy atom. The van der Waals surface area contributed by atoms with Crippen LogP contribution in [0.3, 0.4) is 0 Å². The van der Waals surface area contributed by atoms with Gasteiger partial charge in [-0.1, -0.05) is 0 Å². The third-order valence-electron chi connectivity index (χ3n) is 10.1. The first-order valence-corrected chi connectivity index (χ1v) is 21.3. The first kappa shape index (κ1) is 50.5. The number of ether oxygens (including phenoxy) is 9. The van der Waals surface area contributed by atoms with Crippen molar-refractivity contribution in [3.8, 4) is 23.3 Å². The number of carbonyl (C=O) groups excluding carboxylic acids is 2. The van der Waals surface area contributed by atoms with Crippen LogP contribution in [-0.4, -0.2) is 142 Å². The Balaban J connectivity index is 0.00000794. The van der Waals surface area contributed by atoms with Gasteiger partial charge in [0.15, 0.2) is 0 Å². The van der Waals surface area contributed by atoms with Gasteiger partial charge in [0, 0.05) is 38.6 Å². The molecule has 8 atom stereocenters. The topological polar surface area (TPSA) is 229 Å². The van der Waals surface area contributed by atoms with Crippen molar-refractivity contribution in [2.24, 2.45) is 17.8 Å². The first-order valence-electron chi connectivity index (χ1n) is 19.7. The van der Waals surface area contributed by atoms with Crippen LogP contribution in [0.1, 0.15) is 38.5 Å². The Morgan fingerprint density at radius 1 is 0.883 bits per heavy atom. The van der Waals surface area contributed by atoms with Crippen molar-refractivity contribution in [1.29, 1.82) is 0 Å². The molecule has 0 spiro atoms. The van der Waals surface area contributed by atoms with Gasteiger partial charge in [-0.15, -0.1) is 24.2 Å². The molecule has 2 fully saturated rings. The van der Waals surface area contributed by atoms with Crippen molar-refractivity contribution in [2.75, 3.05) is 79.2 Å². The van der Waals surface area contributed by atoms with Crippen molar-refractivity contribution in [1.82, 2.24) is 10.3 Å². The first-order chi connectivity index (χ1) is 28.6. The van der Waals surface area contributed by atoms with E-state index >= 15 is 0 Å². The van der Waals surface area contributed by atoms with E-state index in [2.05, 4.69) is 60.6 Å². The maximum Gasteiger partial charge on any atom is 1.00 e. The molecule has 1 amide bonds. The van der Waals surface area contributed by atoms with Gasteiger partial charge in [-0.3, -0.25) is 4.79 Å². The Kier molecular flexibility index (Phi) is 22.3. The number of alkyl carbamates (subject to hydrolysis) is 1. The van der Waals surface area contributed by atoms with Crippen LogP contribution in [0.5, 0.6) is 11.5 Å². The van der Waals surface area contributed by atoms with E-state index in [1.54, 1.807) is 6.07 Å². The van der Waals surface area contributed by atoms with Crippen LogP contribution in [0, 0.1) is 29.6 Å². The fourth-order valence-corrected chi connectivity index (χ4v) is 8.46. The van der Waals surface area contributed by atoms with Crippen LogP contribution in [0.25, 0.3) is 10.9 Å². The van der Waals surface area contributed by atoms with Gasteiger partial charge < -0.3 is 73.4 Å². The van der Waals surface area contributed by atoms with E-state index in [4.69, 9.17) is 42.6 Å². The molecule has 2 heterocycles. The van der Waals surface area contributed by atoms with Crippen LogP contribution in [0.4, 0.5) is 4.79 Å². The minimum Gasteiger partial charge on any atom is -0.874 e. The summed E-state index contributed by atoms with van der Waals surface area (Å²) in [5, 5.41) is 45.7. The zero-order valence-corrected chi connectivity index (χ0v) is 38.9. The number of aromatic nitrogens is 1. The second kappa shape index (κ2) is 26.5. The number of esters is 1. The normalized spacial score (nSPS) is 24.4. The van der Waals surface area contributed by atoms with E-state index in [1.807, 2.05) is 0 Å². The maximum absolute atomic E-state index is 12.1. The number of hydrogen-bond acceptors (Lipinski definition) is 15. The molecular weight excluding hydrogens is 931 g/mol. The van der Waals surface area contributed by atoms with Crippen LogP contribution in [-0.2, 0) is 38.0 Å². The molecule has 1 aromatic heterocycles. The summed E-state index contributed by atoms with van der Waals surface area (Å²) in [5.74, 6) is 7.92. The number of carbonyl (C=O) groups is 2. The van der Waals surface area contributed by atoms with Crippen molar-refractivity contribution < 1.29 is 102 Å². The molecule has 2 aromatic rings. The predicted octanol–water partition coefficient (Wildman–Crippen LogP) is -0.308. The fraction of sp³-hybridized carbons (Fsp3) is 0.650. The number of benzene rings is 1. The fourth-order valence-electron chi connectivity index (χ4n) is 6.91. The minimum absolute atomic E-state index is 0. The molecular formula is C40H53Br2N2NaO15. The molecule has 1 aromatic carbocycles. The van der Waals surface area contributed by atoms with Gasteiger partial charge in [-0.25, -0.2) is 4.79 Å². The molecule has 1 saturated heterocycles. The molecule has 1 aliphatic heterocycles. The van der Waals surface area contributed by atoms with E-state index in [0.29, 0.717) is 89.2 Å². The number of fused-ring (bicyclic) bond motifs is 2. The zero-order chi connectivity index (χ0) is 42.1. The third kappa shape index (κ3) is 15.3. The Labute approximate surface area is 388 Å². The number of hydrogen-bond donors (Lipinski definition) is 5. The van der Waals surface area contributed by atoms with Gasteiger partial charge in [0.05, 0.1) is 72.7 Å². The molecule has 5 N–H and O–H groups in total. The molecule has 0 bridgehead atoms. The summed E-state index contributed by atoms with van der Waals surface area (Å²) >= 11 is 7.04. The van der Waals surface area contributed by atoms with Crippen LogP contribution >= 0.6 is 31.9 Å². The smallest absolute Gasteiger partial charge is 0.874 e. The number of rotatable bonds is 25. The predicted molar refractivity (Wildman–Crippen MR) is 215 cm³/mol. The van der Waals surface area contributed by atoms with E-state index in [0.717, 1.165) is 25.7 Å². The number of aliphatic hydroxyl groups excluding tert-OH is 3. The third-order valence-corrected chi connectivity index (χ3v) is 11.4. The van der Waals surface area contributed by atoms with Gasteiger partial charge in [-0.2, -0.15) is 0 Å². The van der Waals surface area contributed by atoms with Crippen molar-refractivity contribution in [3.63, 3.8) is 0 Å². The molecule has 2 aliphatic carbocycles. The van der Waals surface area contributed by atoms with E-state index < -0.39 is 42.6 Å². The van der Waals surface area contributed by atoms with Gasteiger partial charge in [-0.05, 0) is 74.9 Å². The number of halogens is 2. The maximum atomic E-state index is 12.1. The summed E-state index contributed by atoms with van der Waals surface area (Å²) in [6.45, 7) is 6.72. The molecule has 328 valence electrons. The molecule has 1 saturated carbocycles. The summed E-state index contributed by atoms with van der Waals surface area (Å²) in [7, 11) is 0. The number of H-pyrrole nitrogens is 1. The van der Waals surface area contributed by atoms with Crippen molar-refractivity contribution in [3.05, 3.63) is 33.5 Å². The van der Waals surface area contributed by atoms with Crippen LogP contribution < -0.4 is 49.5 Å². The summed E-state index contributed by atoms with van der Waals surface area (Å²) in [5.41, 5.74) is 0.634. The largest absolute Gasteiger partial charge is 1.00 e. The summed E-state index contributed by atoms with van der Waals surface area (Å²) < 4.78 is 50.9. The van der Waals surface area contributed by atoms with Crippen LogP contribution in [0.15, 0.2) is 33.5 Å². The number of amides is 1. The average molecular weight is 985 g/mol.